The molecule has 1 aromatic heterocycles. The Morgan fingerprint density at radius 2 is 1.49 bits per heavy atom. The number of nitrogens with zero attached hydrogens (tertiary/aromatic N) is 3. The average molecular weight is 1220 g/mol. The number of alkyl carbamates (subject to hydrolysis) is 1. The summed E-state index contributed by atoms with van der Waals surface area (Å²) in [7, 11) is 1.97. The summed E-state index contributed by atoms with van der Waals surface area (Å²) >= 11 is 1.16. The molecule has 6 amide bonds. The van der Waals surface area contributed by atoms with Gasteiger partial charge in [0.05, 0.1) is 11.6 Å². The number of benzene rings is 3. The normalized spacial score (nSPS) is 16.5. The van der Waals surface area contributed by atoms with E-state index in [1.165, 1.54) is 13.8 Å². The summed E-state index contributed by atoms with van der Waals surface area (Å²) in [4.78, 5) is 118. The molecule has 0 bridgehead atoms. The molecule has 8 atom stereocenters. The second-order valence-corrected chi connectivity index (χ2v) is 25.6. The molecule has 4 aromatic rings. The third-order valence-electron chi connectivity index (χ3n) is 16.8. The maximum Gasteiger partial charge on any atom is 0.407 e. The maximum absolute atomic E-state index is 15.0. The second-order valence-electron chi connectivity index (χ2n) is 24.7. The average Bonchev–Trinajstić information content (AvgIpc) is 2.04. The van der Waals surface area contributed by atoms with Gasteiger partial charge in [0.2, 0.25) is 29.5 Å². The van der Waals surface area contributed by atoms with E-state index in [1.807, 2.05) is 83.3 Å². The minimum Gasteiger partial charge on any atom is -0.481 e. The van der Waals surface area contributed by atoms with E-state index in [0.717, 1.165) is 59.4 Å². The Morgan fingerprint density at radius 1 is 0.839 bits per heavy atom. The lowest BCUT2D eigenvalue weighted by Gasteiger charge is -2.40. The van der Waals surface area contributed by atoms with Crippen LogP contribution in [0.5, 0.6) is 0 Å². The van der Waals surface area contributed by atoms with E-state index >= 15 is 4.79 Å². The molecule has 0 spiro atoms. The number of rotatable bonds is 30. The number of unbranched alkanes of at least 4 members (excludes halogenated alkanes) is 2. The molecular weight excluding hydrogens is 1120 g/mol. The highest BCUT2D eigenvalue weighted by atomic mass is 32.1. The zero-order chi connectivity index (χ0) is 63.7. The van der Waals surface area contributed by atoms with Crippen molar-refractivity contribution in [3.63, 3.8) is 0 Å². The number of hydrogen-bond donors (Lipinski definition) is 6. The number of carbonyl (C=O) groups excluding carboxylic acids is 7. The first-order chi connectivity index (χ1) is 41.3. The molecule has 6 rings (SSSR count). The number of terminal acetylenes is 1. The fraction of sp³-hybridized carbons (Fsp3) is 0.537. The van der Waals surface area contributed by atoms with E-state index in [0.29, 0.717) is 48.5 Å². The van der Waals surface area contributed by atoms with Crippen molar-refractivity contribution in [3.05, 3.63) is 99.9 Å². The number of likely N-dealkylation sites (tertiary alicyclic amines) is 1. The monoisotopic (exact) mass is 1210 g/mol. The highest BCUT2D eigenvalue weighted by molar-refractivity contribution is 7.10. The van der Waals surface area contributed by atoms with E-state index < -0.39 is 77.2 Å². The Kier molecular flexibility index (Phi) is 25.1. The number of esters is 1. The van der Waals surface area contributed by atoms with Gasteiger partial charge in [0.15, 0.2) is 6.10 Å². The van der Waals surface area contributed by atoms with Gasteiger partial charge in [-0.3, -0.25) is 38.5 Å². The molecular formula is C67H90N8O11S. The summed E-state index contributed by atoms with van der Waals surface area (Å²) in [5.41, 5.74) is 4.02. The quantitative estimate of drug-likeness (QED) is 0.0123. The van der Waals surface area contributed by atoms with Gasteiger partial charge in [-0.15, -0.1) is 23.7 Å². The van der Waals surface area contributed by atoms with Crippen molar-refractivity contribution in [1.29, 1.82) is 0 Å². The van der Waals surface area contributed by atoms with E-state index in [1.54, 1.807) is 62.2 Å². The molecule has 470 valence electrons. The van der Waals surface area contributed by atoms with E-state index in [4.69, 9.17) is 20.9 Å². The molecule has 0 unspecified atom stereocenters. The van der Waals surface area contributed by atoms with Crippen LogP contribution in [-0.4, -0.2) is 118 Å². The zero-order valence-electron chi connectivity index (χ0n) is 52.4. The van der Waals surface area contributed by atoms with Gasteiger partial charge in [-0.25, -0.2) is 9.78 Å². The molecule has 1 fully saturated rings. The number of thiazole rings is 1. The number of amides is 6. The van der Waals surface area contributed by atoms with Crippen molar-refractivity contribution in [2.45, 2.75) is 170 Å². The van der Waals surface area contributed by atoms with Gasteiger partial charge in [-0.2, -0.15) is 0 Å². The van der Waals surface area contributed by atoms with Crippen LogP contribution in [0.3, 0.4) is 0 Å². The molecule has 2 aliphatic rings. The van der Waals surface area contributed by atoms with Crippen LogP contribution in [-0.2, 0) is 49.5 Å². The summed E-state index contributed by atoms with van der Waals surface area (Å²) < 4.78 is 11.7. The highest BCUT2D eigenvalue weighted by Gasteiger charge is 2.41. The number of carbonyl (C=O) groups is 8. The predicted molar refractivity (Wildman–Crippen MR) is 337 cm³/mol. The smallest absolute Gasteiger partial charge is 0.407 e. The maximum atomic E-state index is 15.0. The molecule has 87 heavy (non-hydrogen) atoms. The van der Waals surface area contributed by atoms with Crippen LogP contribution in [0.1, 0.15) is 161 Å². The highest BCUT2D eigenvalue weighted by Crippen LogP contribution is 2.45. The van der Waals surface area contributed by atoms with Gasteiger partial charge in [0, 0.05) is 55.3 Å². The number of aliphatic carboxylic acids is 1. The van der Waals surface area contributed by atoms with Gasteiger partial charge >= 0.3 is 18.0 Å². The minimum absolute atomic E-state index is 0.0568. The zero-order valence-corrected chi connectivity index (χ0v) is 53.2. The van der Waals surface area contributed by atoms with Gasteiger partial charge in [-0.1, -0.05) is 109 Å². The van der Waals surface area contributed by atoms with Crippen molar-refractivity contribution in [1.82, 2.24) is 30.7 Å². The molecule has 0 radical (unpaired) electrons. The Bertz CT molecular complexity index is 3040. The van der Waals surface area contributed by atoms with Crippen LogP contribution in [0, 0.1) is 47.3 Å². The number of carboxylic acids is 1. The molecule has 2 heterocycles. The molecule has 19 nitrogen and oxygen atoms in total. The van der Waals surface area contributed by atoms with Crippen LogP contribution in [0.25, 0.3) is 11.1 Å². The lowest BCUT2D eigenvalue weighted by molar-refractivity contribution is -0.151. The standard InChI is InChI=1S/C67H90N8O11S/c1-13-15-16-22-34-75(64(81)57(42(7)14-2)61(79)72-56-28-21-23-33-74(56)12)53(40(3)4)36-54(86-44(9)76)63-71-55(39-87-63)70-60(78)46(37-67(10,11)65(82)83)35-45-29-31-47(32-30-45)69-59(77)43(8)68-62(80)58(41(5)6)73-66(84)85-38-52-50-26-19-17-24-48(50)49-25-18-20-27-51(49)52/h1,17-20,24-27,29-32,39-43,46,52-54,56-58H,14-16,21-23,28,33-38H2,2-12H3,(H,68,80)(H,69,77)(H,70,78)(H,72,79)(H,73,84)(H,82,83)/t42-,43-,46-,53+,54+,56+,57-,58-/m0/s1. The van der Waals surface area contributed by atoms with Crippen molar-refractivity contribution >= 4 is 70.4 Å². The molecule has 6 N–H and O–H groups in total. The summed E-state index contributed by atoms with van der Waals surface area (Å²) in [5, 5.41) is 26.4. The largest absolute Gasteiger partial charge is 0.481 e. The third-order valence-corrected chi connectivity index (χ3v) is 17.7. The van der Waals surface area contributed by atoms with E-state index in [-0.39, 0.29) is 73.3 Å². The van der Waals surface area contributed by atoms with Gasteiger partial charge < -0.3 is 46.1 Å². The minimum atomic E-state index is -1.32. The van der Waals surface area contributed by atoms with E-state index in [2.05, 4.69) is 37.4 Å². The van der Waals surface area contributed by atoms with Crippen LogP contribution >= 0.6 is 11.3 Å². The molecule has 3 aromatic carbocycles. The number of anilines is 2. The summed E-state index contributed by atoms with van der Waals surface area (Å²) in [6.45, 7) is 18.5. The fourth-order valence-electron chi connectivity index (χ4n) is 11.5. The Labute approximate surface area is 517 Å². The van der Waals surface area contributed by atoms with Gasteiger partial charge in [0.25, 0.3) is 0 Å². The molecule has 0 saturated carbocycles. The molecule has 20 heteroatoms. The SMILES string of the molecule is C#CCCCCN(C(=O)[C@H](C(=O)N[C@H]1CCCCN1C)[C@@H](C)CC)[C@H](C[C@@H](OC(C)=O)c1nc(NC(=O)[C@@H](Cc2ccc(NC(=O)[C@H](C)NC(=O)[C@@H](NC(=O)OCC3c4ccccc4-c4ccccc43)C(C)C)cc2)CC(C)(C)C(=O)O)cs1)C(C)C. The number of nitrogens with one attached hydrogen (secondary N) is 5. The topological polar surface area (TPSA) is 255 Å². The lowest BCUT2D eigenvalue weighted by atomic mass is 9.80. The number of piperidine rings is 1. The number of fused-ring (bicyclic) bond motifs is 3. The molecule has 1 aliphatic heterocycles. The van der Waals surface area contributed by atoms with Crippen LogP contribution in [0.2, 0.25) is 0 Å². The van der Waals surface area contributed by atoms with Crippen LogP contribution < -0.4 is 26.6 Å². The number of hydrogen-bond acceptors (Lipinski definition) is 13. The van der Waals surface area contributed by atoms with Crippen molar-refractivity contribution in [3.8, 4) is 23.5 Å². The summed E-state index contributed by atoms with van der Waals surface area (Å²) in [6.07, 6.45) is 9.06. The predicted octanol–water partition coefficient (Wildman–Crippen LogP) is 10.3. The molecule has 1 saturated heterocycles. The van der Waals surface area contributed by atoms with Gasteiger partial charge in [0.1, 0.15) is 35.4 Å². The summed E-state index contributed by atoms with van der Waals surface area (Å²) in [5.74, 6) is -3.89. The first-order valence-corrected chi connectivity index (χ1v) is 31.4. The first-order valence-electron chi connectivity index (χ1n) is 30.6. The Hall–Kier alpha value is -7.63. The second kappa shape index (κ2) is 31.8. The number of ether oxygens (including phenoxy) is 2. The third kappa shape index (κ3) is 18.7. The lowest BCUT2D eigenvalue weighted by Crippen LogP contribution is -2.56. The Balaban J connectivity index is 1.11. The summed E-state index contributed by atoms with van der Waals surface area (Å²) in [6, 6.07) is 20.1. The van der Waals surface area contributed by atoms with Crippen molar-refractivity contribution in [2.75, 3.05) is 37.4 Å². The fourth-order valence-corrected chi connectivity index (χ4v) is 12.3. The van der Waals surface area contributed by atoms with Crippen LogP contribution in [0.4, 0.5) is 16.3 Å². The number of aromatic nitrogens is 1. The van der Waals surface area contributed by atoms with E-state index in [9.17, 15) is 38.7 Å². The van der Waals surface area contributed by atoms with Crippen molar-refractivity contribution in [2.24, 2.45) is 35.0 Å². The van der Waals surface area contributed by atoms with Gasteiger partial charge in [-0.05, 0) is 137 Å². The first kappa shape index (κ1) is 68.5. The van der Waals surface area contributed by atoms with Crippen molar-refractivity contribution < 1.29 is 52.9 Å². The number of carboxylic acid groups (broad SMARTS) is 1. The Morgan fingerprint density at radius 3 is 2.08 bits per heavy atom. The molecule has 1 aliphatic carbocycles. The van der Waals surface area contributed by atoms with Crippen LogP contribution in [0.15, 0.2) is 78.2 Å².